The molecule has 2 rings (SSSR count). The Labute approximate surface area is 76.5 Å². The van der Waals surface area contributed by atoms with Crippen molar-refractivity contribution >= 4 is 5.78 Å². The van der Waals surface area contributed by atoms with Crippen molar-refractivity contribution in [3.05, 3.63) is 34.9 Å². The molecule has 0 bridgehead atoms. The van der Waals surface area contributed by atoms with E-state index in [1.807, 2.05) is 18.2 Å². The second kappa shape index (κ2) is 3.28. The maximum absolute atomic E-state index is 11.4. The number of Topliss-reactive ketones (excluding diaryl/α,β-unsaturated/α-hetero) is 1. The average Bonchev–Trinajstić information content (AvgIpc) is 2.63. The molecular formula is C10H11NO2. The molecule has 1 aliphatic rings. The summed E-state index contributed by atoms with van der Waals surface area (Å²) in [6, 6.07) is 5.66. The van der Waals surface area contributed by atoms with Gasteiger partial charge < -0.3 is 10.5 Å². The SMILES string of the molecule is NCC(=O)c1cccc2c1COC2. The summed E-state index contributed by atoms with van der Waals surface area (Å²) in [5.41, 5.74) is 8.15. The summed E-state index contributed by atoms with van der Waals surface area (Å²) in [5, 5.41) is 0. The molecule has 13 heavy (non-hydrogen) atoms. The Morgan fingerprint density at radius 2 is 2.31 bits per heavy atom. The molecule has 0 unspecified atom stereocenters. The van der Waals surface area contributed by atoms with Gasteiger partial charge in [0, 0.05) is 5.56 Å². The van der Waals surface area contributed by atoms with Gasteiger partial charge in [0.25, 0.3) is 0 Å². The van der Waals surface area contributed by atoms with E-state index >= 15 is 0 Å². The standard InChI is InChI=1S/C10H11NO2/c11-4-10(12)8-3-1-2-7-5-13-6-9(7)8/h1-3H,4-6,11H2. The summed E-state index contributed by atoms with van der Waals surface area (Å²) in [6.45, 7) is 1.22. The Kier molecular flexibility index (Phi) is 2.12. The highest BCUT2D eigenvalue weighted by molar-refractivity contribution is 5.99. The summed E-state index contributed by atoms with van der Waals surface area (Å²) in [7, 11) is 0. The van der Waals surface area contributed by atoms with Gasteiger partial charge in [-0.3, -0.25) is 4.79 Å². The van der Waals surface area contributed by atoms with Gasteiger partial charge in [-0.15, -0.1) is 0 Å². The van der Waals surface area contributed by atoms with Gasteiger partial charge in [-0.25, -0.2) is 0 Å². The van der Waals surface area contributed by atoms with Crippen molar-refractivity contribution in [1.82, 2.24) is 0 Å². The second-order valence-electron chi connectivity index (χ2n) is 3.06. The minimum atomic E-state index is -0.0117. The third-order valence-corrected chi connectivity index (χ3v) is 2.26. The van der Waals surface area contributed by atoms with Crippen LogP contribution in [0.1, 0.15) is 21.5 Å². The number of ketones is 1. The third-order valence-electron chi connectivity index (χ3n) is 2.26. The Hall–Kier alpha value is -1.19. The minimum absolute atomic E-state index is 0.0117. The van der Waals surface area contributed by atoms with Crippen LogP contribution < -0.4 is 5.73 Å². The Bertz CT molecular complexity index is 347. The molecule has 1 aromatic rings. The minimum Gasteiger partial charge on any atom is -0.372 e. The highest BCUT2D eigenvalue weighted by Crippen LogP contribution is 2.23. The van der Waals surface area contributed by atoms with Crippen LogP contribution in [0.3, 0.4) is 0 Å². The van der Waals surface area contributed by atoms with E-state index in [0.717, 1.165) is 16.7 Å². The first-order valence-electron chi connectivity index (χ1n) is 4.24. The summed E-state index contributed by atoms with van der Waals surface area (Å²) in [4.78, 5) is 11.4. The van der Waals surface area contributed by atoms with Crippen molar-refractivity contribution in [3.8, 4) is 0 Å². The fourth-order valence-electron chi connectivity index (χ4n) is 1.57. The maximum Gasteiger partial charge on any atom is 0.176 e. The van der Waals surface area contributed by atoms with Gasteiger partial charge in [0.2, 0.25) is 0 Å². The number of benzene rings is 1. The fourth-order valence-corrected chi connectivity index (χ4v) is 1.57. The zero-order valence-electron chi connectivity index (χ0n) is 7.25. The first-order chi connectivity index (χ1) is 6.33. The zero-order valence-corrected chi connectivity index (χ0v) is 7.25. The van der Waals surface area contributed by atoms with Crippen molar-refractivity contribution in [2.24, 2.45) is 5.73 Å². The molecule has 0 radical (unpaired) electrons. The van der Waals surface area contributed by atoms with Gasteiger partial charge in [-0.2, -0.15) is 0 Å². The van der Waals surface area contributed by atoms with Crippen molar-refractivity contribution in [3.63, 3.8) is 0 Å². The molecule has 0 saturated heterocycles. The van der Waals surface area contributed by atoms with E-state index in [9.17, 15) is 4.79 Å². The molecule has 68 valence electrons. The van der Waals surface area contributed by atoms with E-state index in [1.165, 1.54) is 0 Å². The smallest absolute Gasteiger partial charge is 0.176 e. The molecule has 3 nitrogen and oxygen atoms in total. The molecule has 2 N–H and O–H groups in total. The third kappa shape index (κ3) is 1.36. The van der Waals surface area contributed by atoms with Crippen LogP contribution in [-0.4, -0.2) is 12.3 Å². The lowest BCUT2D eigenvalue weighted by Gasteiger charge is -2.03. The predicted octanol–water partition coefficient (Wildman–Crippen LogP) is 0.858. The molecule has 3 heteroatoms. The summed E-state index contributed by atoms with van der Waals surface area (Å²) >= 11 is 0. The number of carbonyl (C=O) groups excluding carboxylic acids is 1. The van der Waals surface area contributed by atoms with Gasteiger partial charge in [-0.1, -0.05) is 18.2 Å². The van der Waals surface area contributed by atoms with Crippen LogP contribution in [-0.2, 0) is 18.0 Å². The number of nitrogens with two attached hydrogens (primary N) is 1. The van der Waals surface area contributed by atoms with Crippen molar-refractivity contribution in [2.45, 2.75) is 13.2 Å². The molecule has 0 atom stereocenters. The van der Waals surface area contributed by atoms with Gasteiger partial charge in [-0.05, 0) is 11.1 Å². The van der Waals surface area contributed by atoms with E-state index in [1.54, 1.807) is 0 Å². The first kappa shape index (κ1) is 8.41. The van der Waals surface area contributed by atoms with Gasteiger partial charge in [0.05, 0.1) is 19.8 Å². The normalized spacial score (nSPS) is 14.2. The monoisotopic (exact) mass is 177 g/mol. The molecule has 1 aromatic carbocycles. The second-order valence-corrected chi connectivity index (χ2v) is 3.06. The van der Waals surface area contributed by atoms with E-state index in [0.29, 0.717) is 13.2 Å². The van der Waals surface area contributed by atoms with E-state index in [-0.39, 0.29) is 12.3 Å². The van der Waals surface area contributed by atoms with Crippen molar-refractivity contribution in [2.75, 3.05) is 6.54 Å². The topological polar surface area (TPSA) is 52.3 Å². The van der Waals surface area contributed by atoms with Gasteiger partial charge in [0.15, 0.2) is 5.78 Å². The van der Waals surface area contributed by atoms with Crippen LogP contribution >= 0.6 is 0 Å². The summed E-state index contributed by atoms with van der Waals surface area (Å²) in [6.07, 6.45) is 0. The highest BCUT2D eigenvalue weighted by atomic mass is 16.5. The Morgan fingerprint density at radius 3 is 3.08 bits per heavy atom. The average molecular weight is 177 g/mol. The lowest BCUT2D eigenvalue weighted by Crippen LogP contribution is -2.15. The van der Waals surface area contributed by atoms with Crippen LogP contribution in [0.2, 0.25) is 0 Å². The summed E-state index contributed by atoms with van der Waals surface area (Å²) < 4.78 is 5.26. The molecule has 1 aliphatic heterocycles. The Balaban J connectivity index is 2.47. The zero-order chi connectivity index (χ0) is 9.26. The van der Waals surface area contributed by atoms with Crippen LogP contribution in [0.5, 0.6) is 0 Å². The first-order valence-corrected chi connectivity index (χ1v) is 4.24. The number of fused-ring (bicyclic) bond motifs is 1. The van der Waals surface area contributed by atoms with Crippen LogP contribution in [0.25, 0.3) is 0 Å². The Morgan fingerprint density at radius 1 is 1.46 bits per heavy atom. The number of ether oxygens (including phenoxy) is 1. The van der Waals surface area contributed by atoms with Gasteiger partial charge in [0.1, 0.15) is 0 Å². The van der Waals surface area contributed by atoms with Crippen LogP contribution in [0, 0.1) is 0 Å². The van der Waals surface area contributed by atoms with E-state index < -0.39 is 0 Å². The number of rotatable bonds is 2. The molecule has 0 saturated carbocycles. The molecule has 1 heterocycles. The van der Waals surface area contributed by atoms with Gasteiger partial charge >= 0.3 is 0 Å². The predicted molar refractivity (Wildman–Crippen MR) is 48.3 cm³/mol. The van der Waals surface area contributed by atoms with E-state index in [4.69, 9.17) is 10.5 Å². The maximum atomic E-state index is 11.4. The number of hydrogen-bond donors (Lipinski definition) is 1. The molecule has 0 aliphatic carbocycles. The quantitative estimate of drug-likeness (QED) is 0.681. The lowest BCUT2D eigenvalue weighted by atomic mass is 10.0. The van der Waals surface area contributed by atoms with Crippen LogP contribution in [0.15, 0.2) is 18.2 Å². The summed E-state index contributed by atoms with van der Waals surface area (Å²) in [5.74, 6) is -0.0117. The highest BCUT2D eigenvalue weighted by Gasteiger charge is 2.17. The van der Waals surface area contributed by atoms with E-state index in [2.05, 4.69) is 0 Å². The van der Waals surface area contributed by atoms with Crippen molar-refractivity contribution < 1.29 is 9.53 Å². The van der Waals surface area contributed by atoms with Crippen molar-refractivity contribution in [1.29, 1.82) is 0 Å². The molecular weight excluding hydrogens is 166 g/mol. The largest absolute Gasteiger partial charge is 0.372 e. The molecule has 0 amide bonds. The lowest BCUT2D eigenvalue weighted by molar-refractivity contribution is 0.0995. The number of carbonyl (C=O) groups is 1. The number of hydrogen-bond acceptors (Lipinski definition) is 3. The fraction of sp³-hybridized carbons (Fsp3) is 0.300. The van der Waals surface area contributed by atoms with Crippen LogP contribution in [0.4, 0.5) is 0 Å². The molecule has 0 spiro atoms. The molecule has 0 aromatic heterocycles. The molecule has 0 fully saturated rings.